The Morgan fingerprint density at radius 1 is 1.24 bits per heavy atom. The van der Waals surface area contributed by atoms with Crippen LogP contribution in [0.1, 0.15) is 50.6 Å². The van der Waals surface area contributed by atoms with Crippen LogP contribution in [0.4, 0.5) is 0 Å². The molecule has 0 aliphatic carbocycles. The molecule has 2 amide bonds. The summed E-state index contributed by atoms with van der Waals surface area (Å²) >= 11 is 0. The van der Waals surface area contributed by atoms with Crippen LogP contribution in [0.3, 0.4) is 0 Å². The van der Waals surface area contributed by atoms with Gasteiger partial charge in [-0.1, -0.05) is 56.5 Å². The summed E-state index contributed by atoms with van der Waals surface area (Å²) in [5.74, 6) is -0.214. The molecule has 21 heavy (non-hydrogen) atoms. The standard InChI is InChI=1S/C17H24N2O2/c1-3-4-6-11-14(13-9-7-5-8-10-13)18-15-12-16(20)19(2)17(15)21/h5,7-10,14-15,18H,3-4,6,11-12H2,1-2H3. The number of unbranched alkanes of at least 4 members (excludes halogenated alkanes) is 2. The number of hydrogen-bond acceptors (Lipinski definition) is 3. The maximum atomic E-state index is 12.1. The van der Waals surface area contributed by atoms with Crippen molar-refractivity contribution in [3.05, 3.63) is 35.9 Å². The molecule has 1 aromatic rings. The molecule has 1 aliphatic rings. The number of benzene rings is 1. The summed E-state index contributed by atoms with van der Waals surface area (Å²) in [5.41, 5.74) is 1.18. The highest BCUT2D eigenvalue weighted by Gasteiger charge is 2.37. The number of rotatable bonds is 7. The van der Waals surface area contributed by atoms with E-state index in [1.54, 1.807) is 7.05 Å². The van der Waals surface area contributed by atoms with Gasteiger partial charge in [0.05, 0.1) is 12.5 Å². The van der Waals surface area contributed by atoms with Gasteiger partial charge in [-0.2, -0.15) is 0 Å². The van der Waals surface area contributed by atoms with Gasteiger partial charge < -0.3 is 0 Å². The van der Waals surface area contributed by atoms with Crippen LogP contribution in [-0.4, -0.2) is 29.8 Å². The Labute approximate surface area is 126 Å². The molecular weight excluding hydrogens is 264 g/mol. The minimum atomic E-state index is -0.380. The van der Waals surface area contributed by atoms with Gasteiger partial charge in [0.1, 0.15) is 0 Å². The molecule has 0 bridgehead atoms. The van der Waals surface area contributed by atoms with Crippen molar-refractivity contribution < 1.29 is 9.59 Å². The lowest BCUT2D eigenvalue weighted by Crippen LogP contribution is -2.39. The van der Waals surface area contributed by atoms with Gasteiger partial charge in [-0.05, 0) is 12.0 Å². The molecule has 0 saturated carbocycles. The largest absolute Gasteiger partial charge is 0.298 e. The van der Waals surface area contributed by atoms with E-state index in [0.717, 1.165) is 12.8 Å². The predicted octanol–water partition coefficient (Wildman–Crippen LogP) is 2.65. The van der Waals surface area contributed by atoms with Gasteiger partial charge in [-0.25, -0.2) is 0 Å². The summed E-state index contributed by atoms with van der Waals surface area (Å²) in [5, 5.41) is 3.39. The quantitative estimate of drug-likeness (QED) is 0.620. The summed E-state index contributed by atoms with van der Waals surface area (Å²) < 4.78 is 0. The zero-order valence-electron chi connectivity index (χ0n) is 12.8. The van der Waals surface area contributed by atoms with E-state index < -0.39 is 0 Å². The Balaban J connectivity index is 2.06. The van der Waals surface area contributed by atoms with Crippen LogP contribution in [0, 0.1) is 0 Å². The normalized spacial score (nSPS) is 20.1. The highest BCUT2D eigenvalue weighted by atomic mass is 16.2. The molecule has 0 radical (unpaired) electrons. The SMILES string of the molecule is CCCCCC(NC1CC(=O)N(C)C1=O)c1ccccc1. The minimum Gasteiger partial charge on any atom is -0.298 e. The number of amides is 2. The summed E-state index contributed by atoms with van der Waals surface area (Å²) in [4.78, 5) is 24.9. The second-order valence-electron chi connectivity index (χ2n) is 5.67. The number of carbonyl (C=O) groups is 2. The van der Waals surface area contributed by atoms with Gasteiger partial charge in [-0.15, -0.1) is 0 Å². The number of imide groups is 1. The van der Waals surface area contributed by atoms with Crippen LogP contribution in [-0.2, 0) is 9.59 Å². The summed E-state index contributed by atoms with van der Waals surface area (Å²) in [6.45, 7) is 2.18. The zero-order valence-corrected chi connectivity index (χ0v) is 12.8. The highest BCUT2D eigenvalue weighted by molar-refractivity contribution is 6.05. The van der Waals surface area contributed by atoms with Gasteiger partial charge >= 0.3 is 0 Å². The monoisotopic (exact) mass is 288 g/mol. The fraction of sp³-hybridized carbons (Fsp3) is 0.529. The van der Waals surface area contributed by atoms with Crippen molar-refractivity contribution in [3.8, 4) is 0 Å². The zero-order chi connectivity index (χ0) is 15.2. The lowest BCUT2D eigenvalue weighted by molar-refractivity contribution is -0.137. The molecule has 4 heteroatoms. The van der Waals surface area contributed by atoms with Gasteiger partial charge in [0.25, 0.3) is 0 Å². The van der Waals surface area contributed by atoms with E-state index in [2.05, 4.69) is 24.4 Å². The van der Waals surface area contributed by atoms with E-state index in [-0.39, 0.29) is 30.3 Å². The summed E-state index contributed by atoms with van der Waals surface area (Å²) in [6.07, 6.45) is 4.73. The van der Waals surface area contributed by atoms with E-state index in [0.29, 0.717) is 0 Å². The number of nitrogens with one attached hydrogen (secondary N) is 1. The highest BCUT2D eigenvalue weighted by Crippen LogP contribution is 2.23. The molecule has 1 N–H and O–H groups in total. The van der Waals surface area contributed by atoms with Gasteiger partial charge in [0.2, 0.25) is 11.8 Å². The van der Waals surface area contributed by atoms with Crippen LogP contribution in [0.5, 0.6) is 0 Å². The molecule has 0 aromatic heterocycles. The number of carbonyl (C=O) groups excluding carboxylic acids is 2. The van der Waals surface area contributed by atoms with Crippen molar-refractivity contribution in [2.45, 2.75) is 51.1 Å². The fourth-order valence-corrected chi connectivity index (χ4v) is 2.76. The summed E-state index contributed by atoms with van der Waals surface area (Å²) in [7, 11) is 1.56. The van der Waals surface area contributed by atoms with Crippen LogP contribution < -0.4 is 5.32 Å². The molecule has 1 saturated heterocycles. The lowest BCUT2D eigenvalue weighted by atomic mass is 9.99. The Hall–Kier alpha value is -1.68. The minimum absolute atomic E-state index is 0.0992. The average molecular weight is 288 g/mol. The van der Waals surface area contributed by atoms with Gasteiger partial charge in [0, 0.05) is 13.1 Å². The Bertz CT molecular complexity index is 487. The first-order valence-electron chi connectivity index (χ1n) is 7.75. The van der Waals surface area contributed by atoms with E-state index in [4.69, 9.17) is 0 Å². The van der Waals surface area contributed by atoms with Crippen molar-refractivity contribution in [1.82, 2.24) is 10.2 Å². The second kappa shape index (κ2) is 7.36. The number of likely N-dealkylation sites (tertiary alicyclic amines) is 1. The number of hydrogen-bond donors (Lipinski definition) is 1. The van der Waals surface area contributed by atoms with E-state index in [1.165, 1.54) is 23.3 Å². The number of nitrogens with zero attached hydrogens (tertiary/aromatic N) is 1. The second-order valence-corrected chi connectivity index (χ2v) is 5.67. The summed E-state index contributed by atoms with van der Waals surface area (Å²) in [6, 6.07) is 9.92. The van der Waals surface area contributed by atoms with E-state index in [1.807, 2.05) is 18.2 Å². The van der Waals surface area contributed by atoms with Crippen molar-refractivity contribution in [3.63, 3.8) is 0 Å². The average Bonchev–Trinajstić information content (AvgIpc) is 2.74. The molecule has 114 valence electrons. The predicted molar refractivity (Wildman–Crippen MR) is 82.6 cm³/mol. The molecular formula is C17H24N2O2. The van der Waals surface area contributed by atoms with Crippen LogP contribution >= 0.6 is 0 Å². The Morgan fingerprint density at radius 2 is 1.95 bits per heavy atom. The van der Waals surface area contributed by atoms with Crippen molar-refractivity contribution in [1.29, 1.82) is 0 Å². The first kappa shape index (κ1) is 15.7. The molecule has 1 heterocycles. The first-order chi connectivity index (χ1) is 10.1. The molecule has 2 atom stereocenters. The molecule has 2 unspecified atom stereocenters. The lowest BCUT2D eigenvalue weighted by Gasteiger charge is -2.22. The third kappa shape index (κ3) is 3.91. The molecule has 0 spiro atoms. The smallest absolute Gasteiger partial charge is 0.246 e. The molecule has 1 fully saturated rings. The van der Waals surface area contributed by atoms with E-state index >= 15 is 0 Å². The maximum absolute atomic E-state index is 12.1. The first-order valence-corrected chi connectivity index (χ1v) is 7.75. The van der Waals surface area contributed by atoms with Crippen molar-refractivity contribution in [2.75, 3.05) is 7.05 Å². The molecule has 1 aliphatic heterocycles. The maximum Gasteiger partial charge on any atom is 0.246 e. The third-order valence-corrected chi connectivity index (χ3v) is 4.08. The van der Waals surface area contributed by atoms with Crippen LogP contribution in [0.25, 0.3) is 0 Å². The topological polar surface area (TPSA) is 49.4 Å². The van der Waals surface area contributed by atoms with Gasteiger partial charge in [-0.3, -0.25) is 19.8 Å². The molecule has 1 aromatic carbocycles. The Morgan fingerprint density at radius 3 is 2.52 bits per heavy atom. The van der Waals surface area contributed by atoms with Crippen LogP contribution in [0.2, 0.25) is 0 Å². The number of likely N-dealkylation sites (N-methyl/N-ethyl adjacent to an activating group) is 1. The van der Waals surface area contributed by atoms with E-state index in [9.17, 15) is 9.59 Å². The van der Waals surface area contributed by atoms with Crippen molar-refractivity contribution in [2.24, 2.45) is 0 Å². The molecule has 2 rings (SSSR count). The fourth-order valence-electron chi connectivity index (χ4n) is 2.76. The van der Waals surface area contributed by atoms with Crippen LogP contribution in [0.15, 0.2) is 30.3 Å². The Kier molecular flexibility index (Phi) is 5.51. The molecule has 4 nitrogen and oxygen atoms in total. The van der Waals surface area contributed by atoms with Gasteiger partial charge in [0.15, 0.2) is 0 Å². The third-order valence-electron chi connectivity index (χ3n) is 4.08. The van der Waals surface area contributed by atoms with Crippen molar-refractivity contribution >= 4 is 11.8 Å².